The number of aromatic nitrogens is 2. The molecule has 3 nitrogen and oxygen atoms in total. The third kappa shape index (κ3) is 1.56. The van der Waals surface area contributed by atoms with E-state index >= 15 is 0 Å². The van der Waals surface area contributed by atoms with Crippen LogP contribution in [0.4, 0.5) is 14.7 Å². The highest BCUT2D eigenvalue weighted by Gasteiger charge is 2.10. The molecule has 0 aliphatic carbocycles. The predicted molar refractivity (Wildman–Crippen MR) is 49.7 cm³/mol. The van der Waals surface area contributed by atoms with Gasteiger partial charge in [0.1, 0.15) is 16.6 Å². The number of nitrogen functional groups attached to an aromatic ring is 1. The van der Waals surface area contributed by atoms with Crippen molar-refractivity contribution in [1.29, 1.82) is 0 Å². The summed E-state index contributed by atoms with van der Waals surface area (Å²) in [4.78, 5) is 3.76. The standard InChI is InChI=1S/C8H5F2N3S/c9-4-1-2-6(10)5(3-4)7-12-8(11)13-14-7/h1-3H,(H2,11,13). The van der Waals surface area contributed by atoms with Crippen molar-refractivity contribution < 1.29 is 8.78 Å². The van der Waals surface area contributed by atoms with Crippen molar-refractivity contribution in [2.45, 2.75) is 0 Å². The van der Waals surface area contributed by atoms with Crippen LogP contribution in [0.2, 0.25) is 0 Å². The molecular weight excluding hydrogens is 208 g/mol. The summed E-state index contributed by atoms with van der Waals surface area (Å²) in [5.41, 5.74) is 5.36. The second kappa shape index (κ2) is 3.30. The van der Waals surface area contributed by atoms with E-state index in [1.165, 1.54) is 0 Å². The summed E-state index contributed by atoms with van der Waals surface area (Å²) < 4.78 is 29.7. The molecule has 2 aromatic rings. The molecule has 72 valence electrons. The summed E-state index contributed by atoms with van der Waals surface area (Å²) in [6, 6.07) is 3.15. The maximum absolute atomic E-state index is 13.2. The molecule has 14 heavy (non-hydrogen) atoms. The number of halogens is 2. The van der Waals surface area contributed by atoms with E-state index in [0.717, 1.165) is 29.7 Å². The predicted octanol–water partition coefficient (Wildman–Crippen LogP) is 2.07. The van der Waals surface area contributed by atoms with Crippen LogP contribution < -0.4 is 5.73 Å². The van der Waals surface area contributed by atoms with Gasteiger partial charge in [0.05, 0.1) is 5.56 Å². The van der Waals surface area contributed by atoms with Gasteiger partial charge in [0.15, 0.2) is 0 Å². The fourth-order valence-electron chi connectivity index (χ4n) is 1.01. The normalized spacial score (nSPS) is 10.4. The van der Waals surface area contributed by atoms with Crippen LogP contribution in [0.5, 0.6) is 0 Å². The van der Waals surface area contributed by atoms with Crippen LogP contribution in [0.25, 0.3) is 10.6 Å². The number of rotatable bonds is 1. The summed E-state index contributed by atoms with van der Waals surface area (Å²) in [5, 5.41) is 0.277. The molecule has 2 rings (SSSR count). The Bertz CT molecular complexity index is 469. The number of hydrogen-bond donors (Lipinski definition) is 1. The van der Waals surface area contributed by atoms with E-state index in [2.05, 4.69) is 9.36 Å². The first-order chi connectivity index (χ1) is 6.66. The van der Waals surface area contributed by atoms with Gasteiger partial charge in [-0.2, -0.15) is 9.36 Å². The second-order valence-corrected chi connectivity index (χ2v) is 3.33. The minimum Gasteiger partial charge on any atom is -0.367 e. The fourth-order valence-corrected chi connectivity index (χ4v) is 1.62. The highest BCUT2D eigenvalue weighted by molar-refractivity contribution is 7.09. The molecule has 0 aliphatic heterocycles. The molecule has 0 unspecified atom stereocenters. The molecule has 0 radical (unpaired) electrons. The summed E-state index contributed by atoms with van der Waals surface area (Å²) in [5.74, 6) is -0.994. The van der Waals surface area contributed by atoms with Crippen molar-refractivity contribution in [3.63, 3.8) is 0 Å². The Labute approximate surface area is 82.4 Å². The van der Waals surface area contributed by atoms with Gasteiger partial charge in [-0.3, -0.25) is 0 Å². The van der Waals surface area contributed by atoms with Gasteiger partial charge in [0.25, 0.3) is 0 Å². The van der Waals surface area contributed by atoms with Crippen LogP contribution in [0, 0.1) is 11.6 Å². The largest absolute Gasteiger partial charge is 0.367 e. The van der Waals surface area contributed by atoms with Crippen LogP contribution in [0.1, 0.15) is 0 Å². The molecule has 2 N–H and O–H groups in total. The Morgan fingerprint density at radius 3 is 2.71 bits per heavy atom. The van der Waals surface area contributed by atoms with Crippen LogP contribution >= 0.6 is 11.5 Å². The number of hydrogen-bond acceptors (Lipinski definition) is 4. The third-order valence-corrected chi connectivity index (χ3v) is 2.36. The Hall–Kier alpha value is -1.56. The molecular formula is C8H5F2N3S. The van der Waals surface area contributed by atoms with Crippen LogP contribution in [-0.4, -0.2) is 9.36 Å². The first-order valence-electron chi connectivity index (χ1n) is 3.71. The minimum atomic E-state index is -0.539. The second-order valence-electron chi connectivity index (χ2n) is 2.58. The monoisotopic (exact) mass is 213 g/mol. The zero-order valence-electron chi connectivity index (χ0n) is 6.87. The van der Waals surface area contributed by atoms with E-state index < -0.39 is 11.6 Å². The van der Waals surface area contributed by atoms with Crippen molar-refractivity contribution in [1.82, 2.24) is 9.36 Å². The molecule has 0 bridgehead atoms. The van der Waals surface area contributed by atoms with Crippen LogP contribution in [0.3, 0.4) is 0 Å². The van der Waals surface area contributed by atoms with E-state index in [0.29, 0.717) is 0 Å². The molecule has 0 spiro atoms. The van der Waals surface area contributed by atoms with Gasteiger partial charge in [-0.1, -0.05) is 0 Å². The van der Waals surface area contributed by atoms with Gasteiger partial charge in [-0.15, -0.1) is 0 Å². The Morgan fingerprint density at radius 2 is 2.07 bits per heavy atom. The average molecular weight is 213 g/mol. The first kappa shape index (κ1) is 9.01. The van der Waals surface area contributed by atoms with Gasteiger partial charge in [0.2, 0.25) is 5.95 Å². The topological polar surface area (TPSA) is 51.8 Å². The maximum atomic E-state index is 13.2. The molecule has 0 saturated heterocycles. The molecule has 1 aromatic carbocycles. The lowest BCUT2D eigenvalue weighted by Gasteiger charge is -1.97. The summed E-state index contributed by atoms with van der Waals surface area (Å²) in [6.45, 7) is 0. The molecule has 0 saturated carbocycles. The van der Waals surface area contributed by atoms with Gasteiger partial charge < -0.3 is 5.73 Å². The van der Waals surface area contributed by atoms with Crippen molar-refractivity contribution in [2.75, 3.05) is 5.73 Å². The lowest BCUT2D eigenvalue weighted by Crippen LogP contribution is -1.88. The van der Waals surface area contributed by atoms with Gasteiger partial charge in [-0.25, -0.2) is 8.78 Å². The molecule has 1 aromatic heterocycles. The number of benzene rings is 1. The summed E-state index contributed by atoms with van der Waals surface area (Å²) in [6.07, 6.45) is 0. The van der Waals surface area contributed by atoms with Crippen molar-refractivity contribution in [3.05, 3.63) is 29.8 Å². The number of nitrogens with two attached hydrogens (primary N) is 1. The van der Waals surface area contributed by atoms with Gasteiger partial charge in [0, 0.05) is 0 Å². The van der Waals surface area contributed by atoms with E-state index in [4.69, 9.17) is 5.73 Å². The SMILES string of the molecule is Nc1nsc(-c2cc(F)ccc2F)n1. The van der Waals surface area contributed by atoms with E-state index in [-0.39, 0.29) is 16.5 Å². The zero-order valence-corrected chi connectivity index (χ0v) is 7.68. The lowest BCUT2D eigenvalue weighted by atomic mass is 10.2. The molecule has 0 atom stereocenters. The molecule has 1 heterocycles. The summed E-state index contributed by atoms with van der Waals surface area (Å²) >= 11 is 0.933. The summed E-state index contributed by atoms with van der Waals surface area (Å²) in [7, 11) is 0. The Kier molecular flexibility index (Phi) is 2.12. The molecule has 0 amide bonds. The number of anilines is 1. The number of nitrogens with zero attached hydrogens (tertiary/aromatic N) is 2. The van der Waals surface area contributed by atoms with E-state index in [1.54, 1.807) is 0 Å². The molecule has 0 aliphatic rings. The lowest BCUT2D eigenvalue weighted by molar-refractivity contribution is 0.603. The quantitative estimate of drug-likeness (QED) is 0.788. The molecule has 6 heteroatoms. The highest BCUT2D eigenvalue weighted by atomic mass is 32.1. The van der Waals surface area contributed by atoms with Gasteiger partial charge >= 0.3 is 0 Å². The third-order valence-electron chi connectivity index (χ3n) is 1.60. The van der Waals surface area contributed by atoms with Crippen molar-refractivity contribution >= 4 is 17.5 Å². The van der Waals surface area contributed by atoms with Crippen molar-refractivity contribution in [2.24, 2.45) is 0 Å². The minimum absolute atomic E-state index is 0.0636. The van der Waals surface area contributed by atoms with Crippen LogP contribution in [-0.2, 0) is 0 Å². The Morgan fingerprint density at radius 1 is 1.29 bits per heavy atom. The first-order valence-corrected chi connectivity index (χ1v) is 4.49. The van der Waals surface area contributed by atoms with Gasteiger partial charge in [-0.05, 0) is 29.7 Å². The zero-order chi connectivity index (χ0) is 10.1. The van der Waals surface area contributed by atoms with Crippen LogP contribution in [0.15, 0.2) is 18.2 Å². The maximum Gasteiger partial charge on any atom is 0.232 e. The van der Waals surface area contributed by atoms with E-state index in [1.807, 2.05) is 0 Å². The molecule has 0 fully saturated rings. The Balaban J connectivity index is 2.55. The van der Waals surface area contributed by atoms with E-state index in [9.17, 15) is 8.78 Å². The average Bonchev–Trinajstić information content (AvgIpc) is 2.56. The fraction of sp³-hybridized carbons (Fsp3) is 0. The highest BCUT2D eigenvalue weighted by Crippen LogP contribution is 2.25. The van der Waals surface area contributed by atoms with Crippen molar-refractivity contribution in [3.8, 4) is 10.6 Å². The smallest absolute Gasteiger partial charge is 0.232 e.